The monoisotopic (exact) mass is 894 g/mol. The summed E-state index contributed by atoms with van der Waals surface area (Å²) in [7, 11) is 0. The van der Waals surface area contributed by atoms with Crippen LogP contribution in [0.15, 0.2) is 231 Å². The molecular weight excluding hydrogens is 857 g/mol. The van der Waals surface area contributed by atoms with Gasteiger partial charge < -0.3 is 0 Å². The van der Waals surface area contributed by atoms with E-state index < -0.39 is 0 Å². The highest BCUT2D eigenvalue weighted by Gasteiger charge is 2.19. The van der Waals surface area contributed by atoms with Crippen molar-refractivity contribution in [3.8, 4) is 44.5 Å². The van der Waals surface area contributed by atoms with E-state index in [1.165, 1.54) is 149 Å². The molecule has 0 aliphatic rings. The van der Waals surface area contributed by atoms with Crippen LogP contribution in [0.4, 0.5) is 0 Å². The SMILES string of the molecule is c1ccc2c(c1)sc1c(-c3ccc4c5ccccc5c5ccccc5c4c3)cc(-c3ccc(-c4cccc5c4sc4c(-c6ccc7c8ccccc8c8ccccc8c7c6)cccc45)cc3)cc12. The molecule has 2 heteroatoms. The van der Waals surface area contributed by atoms with Crippen LogP contribution in [-0.2, 0) is 0 Å². The normalized spacial score (nSPS) is 12.1. The summed E-state index contributed by atoms with van der Waals surface area (Å²) in [6.07, 6.45) is 0. The van der Waals surface area contributed by atoms with Crippen molar-refractivity contribution in [1.82, 2.24) is 0 Å². The van der Waals surface area contributed by atoms with Crippen LogP contribution in [-0.4, -0.2) is 0 Å². The highest BCUT2D eigenvalue weighted by Crippen LogP contribution is 2.48. The van der Waals surface area contributed by atoms with Gasteiger partial charge in [-0.1, -0.05) is 200 Å². The van der Waals surface area contributed by atoms with E-state index in [0.717, 1.165) is 0 Å². The van der Waals surface area contributed by atoms with Gasteiger partial charge in [0.1, 0.15) is 0 Å². The molecule has 0 saturated heterocycles. The lowest BCUT2D eigenvalue weighted by Gasteiger charge is -2.14. The lowest BCUT2D eigenvalue weighted by molar-refractivity contribution is 1.63. The summed E-state index contributed by atoms with van der Waals surface area (Å²) in [5, 5.41) is 20.8. The fraction of sp³-hybridized carbons (Fsp3) is 0. The van der Waals surface area contributed by atoms with E-state index in [0.29, 0.717) is 0 Å². The largest absolute Gasteiger partial charge is 0.135 e. The van der Waals surface area contributed by atoms with Crippen molar-refractivity contribution in [2.45, 2.75) is 0 Å². The van der Waals surface area contributed by atoms with Crippen molar-refractivity contribution in [1.29, 1.82) is 0 Å². The lowest BCUT2D eigenvalue weighted by atomic mass is 9.90. The third-order valence-electron chi connectivity index (χ3n) is 14.6. The minimum absolute atomic E-state index is 1.21. The van der Waals surface area contributed by atoms with Gasteiger partial charge in [0, 0.05) is 45.9 Å². The minimum Gasteiger partial charge on any atom is -0.135 e. The van der Waals surface area contributed by atoms with Crippen molar-refractivity contribution in [2.24, 2.45) is 0 Å². The Labute approximate surface area is 400 Å². The molecule has 0 atom stereocenters. The summed E-state index contributed by atoms with van der Waals surface area (Å²) < 4.78 is 5.30. The zero-order valence-electron chi connectivity index (χ0n) is 36.8. The Morgan fingerprint density at radius 2 is 0.529 bits per heavy atom. The van der Waals surface area contributed by atoms with Crippen molar-refractivity contribution in [2.75, 3.05) is 0 Å². The van der Waals surface area contributed by atoms with Gasteiger partial charge in [-0.05, 0) is 134 Å². The highest BCUT2D eigenvalue weighted by atomic mass is 32.1. The third-order valence-corrected chi connectivity index (χ3v) is 17.1. The van der Waals surface area contributed by atoms with Gasteiger partial charge in [-0.2, -0.15) is 0 Å². The maximum absolute atomic E-state index is 2.44. The summed E-state index contributed by atoms with van der Waals surface area (Å²) in [6, 6.07) is 86.4. The Kier molecular flexibility index (Phi) is 8.21. The molecule has 0 fully saturated rings. The molecule has 15 rings (SSSR count). The molecule has 0 radical (unpaired) electrons. The second-order valence-corrected chi connectivity index (χ2v) is 20.3. The van der Waals surface area contributed by atoms with Gasteiger partial charge in [-0.15, -0.1) is 22.7 Å². The maximum atomic E-state index is 2.44. The number of rotatable bonds is 4. The number of fused-ring (bicyclic) bond motifs is 18. The fourth-order valence-electron chi connectivity index (χ4n) is 11.5. The summed E-state index contributed by atoms with van der Waals surface area (Å²) in [4.78, 5) is 0. The standard InChI is InChI=1S/C66H38S2/c1-3-17-50-46(13-1)48-15-5-7-19-52(48)60-35-41(31-33-54(50)60)45-23-12-25-58-57-24-11-22-44(64(57)68-65(45)58)40-29-27-39(28-30-40)43-37-59(66-62(38-43)56-21-9-10-26-63(56)67-66)42-32-34-55-51-18-4-2-14-47(51)49-16-6-8-20-53(49)61(55)36-42/h1-38H. The number of hydrogen-bond donors (Lipinski definition) is 0. The summed E-state index contributed by atoms with van der Waals surface area (Å²) >= 11 is 3.83. The van der Waals surface area contributed by atoms with E-state index in [2.05, 4.69) is 231 Å². The molecule has 0 unspecified atom stereocenters. The zero-order chi connectivity index (χ0) is 44.5. The highest BCUT2D eigenvalue weighted by molar-refractivity contribution is 7.27. The molecule has 0 aliphatic heterocycles. The average Bonchev–Trinajstić information content (AvgIpc) is 3.99. The molecule has 0 saturated carbocycles. The second-order valence-electron chi connectivity index (χ2n) is 18.2. The van der Waals surface area contributed by atoms with Gasteiger partial charge in [0.05, 0.1) is 0 Å². The van der Waals surface area contributed by atoms with Crippen LogP contribution in [0.2, 0.25) is 0 Å². The molecule has 0 N–H and O–H groups in total. The van der Waals surface area contributed by atoms with E-state index in [1.54, 1.807) is 0 Å². The second kappa shape index (κ2) is 14.7. The van der Waals surface area contributed by atoms with Crippen molar-refractivity contribution in [3.05, 3.63) is 231 Å². The summed E-state index contributed by atoms with van der Waals surface area (Å²) in [6.45, 7) is 0. The molecule has 2 aromatic heterocycles. The zero-order valence-corrected chi connectivity index (χ0v) is 38.4. The minimum atomic E-state index is 1.21. The fourth-order valence-corrected chi connectivity index (χ4v) is 14.1. The Morgan fingerprint density at radius 1 is 0.176 bits per heavy atom. The molecule has 15 aromatic rings. The van der Waals surface area contributed by atoms with E-state index in [1.807, 2.05) is 22.7 Å². The van der Waals surface area contributed by atoms with E-state index in [-0.39, 0.29) is 0 Å². The van der Waals surface area contributed by atoms with Crippen LogP contribution >= 0.6 is 22.7 Å². The van der Waals surface area contributed by atoms with Crippen molar-refractivity contribution < 1.29 is 0 Å². The Morgan fingerprint density at radius 3 is 1.04 bits per heavy atom. The topological polar surface area (TPSA) is 0 Å². The van der Waals surface area contributed by atoms with Gasteiger partial charge in [0.2, 0.25) is 0 Å². The Bertz CT molecular complexity index is 4530. The first kappa shape index (κ1) is 38.0. The van der Waals surface area contributed by atoms with Gasteiger partial charge in [-0.25, -0.2) is 0 Å². The lowest BCUT2D eigenvalue weighted by Crippen LogP contribution is -1.87. The molecule has 2 heterocycles. The van der Waals surface area contributed by atoms with Gasteiger partial charge >= 0.3 is 0 Å². The van der Waals surface area contributed by atoms with E-state index in [4.69, 9.17) is 0 Å². The molecule has 0 aliphatic carbocycles. The molecule has 13 aromatic carbocycles. The van der Waals surface area contributed by atoms with Crippen LogP contribution in [0, 0.1) is 0 Å². The van der Waals surface area contributed by atoms with Gasteiger partial charge in [0.15, 0.2) is 0 Å². The predicted molar refractivity (Wildman–Crippen MR) is 299 cm³/mol. The molecule has 0 bridgehead atoms. The van der Waals surface area contributed by atoms with E-state index >= 15 is 0 Å². The van der Waals surface area contributed by atoms with Gasteiger partial charge in [-0.3, -0.25) is 0 Å². The van der Waals surface area contributed by atoms with Crippen molar-refractivity contribution >= 4 is 128 Å². The van der Waals surface area contributed by atoms with Gasteiger partial charge in [0.25, 0.3) is 0 Å². The molecular formula is C66H38S2. The number of benzene rings is 13. The van der Waals surface area contributed by atoms with Crippen molar-refractivity contribution in [3.63, 3.8) is 0 Å². The van der Waals surface area contributed by atoms with E-state index in [9.17, 15) is 0 Å². The smallest absolute Gasteiger partial charge is 0.0434 e. The van der Waals surface area contributed by atoms with Crippen LogP contribution in [0.5, 0.6) is 0 Å². The predicted octanol–water partition coefficient (Wildman–Crippen LogP) is 20.0. The summed E-state index contributed by atoms with van der Waals surface area (Å²) in [5.74, 6) is 0. The van der Waals surface area contributed by atoms with Crippen LogP contribution in [0.3, 0.4) is 0 Å². The molecule has 0 spiro atoms. The number of thiophene rings is 2. The molecule has 68 heavy (non-hydrogen) atoms. The first-order valence-electron chi connectivity index (χ1n) is 23.4. The average molecular weight is 895 g/mol. The Balaban J connectivity index is 0.858. The molecule has 0 amide bonds. The first-order valence-corrected chi connectivity index (χ1v) is 25.0. The van der Waals surface area contributed by atoms with Crippen LogP contribution in [0.25, 0.3) is 149 Å². The first-order chi connectivity index (χ1) is 33.7. The Hall–Kier alpha value is -8.14. The van der Waals surface area contributed by atoms with Crippen LogP contribution in [0.1, 0.15) is 0 Å². The quantitative estimate of drug-likeness (QED) is 0.154. The molecule has 0 nitrogen and oxygen atoms in total. The molecule has 314 valence electrons. The summed E-state index contributed by atoms with van der Waals surface area (Å²) in [5.41, 5.74) is 10.00. The number of hydrogen-bond acceptors (Lipinski definition) is 2. The van der Waals surface area contributed by atoms with Crippen LogP contribution < -0.4 is 0 Å². The third kappa shape index (κ3) is 5.59. The maximum Gasteiger partial charge on any atom is 0.0434 e.